The topological polar surface area (TPSA) is 21.7 Å². The largest absolute Gasteiger partial charge is 0.467 e. The predicted octanol–water partition coefficient (Wildman–Crippen LogP) is 4.76. The average Bonchev–Trinajstić information content (AvgIpc) is 3.09. The summed E-state index contributed by atoms with van der Waals surface area (Å²) in [7, 11) is 3.86. The molecule has 1 fully saturated rings. The molecule has 138 valence electrons. The standard InChI is InChI=1S/C23H29NO2/c1-4-18-12-13-23(26-17-25-3)22(15-18)21(19-9-6-5-7-10-19)16-20-11-8-14-24(20)2/h5-7,9-10,12-13,15-16,20H,4,8,11,14,17H2,1-3H3/b21-16+. The zero-order valence-corrected chi connectivity index (χ0v) is 16.1. The van der Waals surface area contributed by atoms with Gasteiger partial charge in [0, 0.05) is 18.7 Å². The maximum absolute atomic E-state index is 5.90. The van der Waals surface area contributed by atoms with E-state index in [2.05, 4.69) is 73.5 Å². The molecule has 0 aliphatic carbocycles. The van der Waals surface area contributed by atoms with Gasteiger partial charge in [-0.05, 0) is 61.7 Å². The highest BCUT2D eigenvalue weighted by Crippen LogP contribution is 2.34. The van der Waals surface area contributed by atoms with Gasteiger partial charge >= 0.3 is 0 Å². The number of likely N-dealkylation sites (tertiary alicyclic amines) is 1. The predicted molar refractivity (Wildman–Crippen MR) is 107 cm³/mol. The molecule has 0 N–H and O–H groups in total. The van der Waals surface area contributed by atoms with E-state index in [-0.39, 0.29) is 6.79 Å². The van der Waals surface area contributed by atoms with Crippen LogP contribution in [-0.4, -0.2) is 38.4 Å². The van der Waals surface area contributed by atoms with Gasteiger partial charge in [-0.2, -0.15) is 0 Å². The quantitative estimate of drug-likeness (QED) is 0.672. The summed E-state index contributed by atoms with van der Waals surface area (Å²) >= 11 is 0. The zero-order valence-electron chi connectivity index (χ0n) is 16.1. The summed E-state index contributed by atoms with van der Waals surface area (Å²) in [5, 5.41) is 0. The van der Waals surface area contributed by atoms with E-state index in [9.17, 15) is 0 Å². The fourth-order valence-electron chi connectivity index (χ4n) is 3.55. The number of likely N-dealkylation sites (N-methyl/N-ethyl adjacent to an activating group) is 1. The van der Waals surface area contributed by atoms with Crippen LogP contribution in [0.15, 0.2) is 54.6 Å². The van der Waals surface area contributed by atoms with Crippen LogP contribution in [0.3, 0.4) is 0 Å². The second kappa shape index (κ2) is 9.02. The van der Waals surface area contributed by atoms with Crippen molar-refractivity contribution in [3.63, 3.8) is 0 Å². The molecule has 26 heavy (non-hydrogen) atoms. The Bertz CT molecular complexity index is 739. The summed E-state index contributed by atoms with van der Waals surface area (Å²) in [6, 6.07) is 17.6. The van der Waals surface area contributed by atoms with Crippen molar-refractivity contribution in [2.75, 3.05) is 27.5 Å². The third kappa shape index (κ3) is 4.35. The van der Waals surface area contributed by atoms with Crippen LogP contribution in [-0.2, 0) is 11.2 Å². The summed E-state index contributed by atoms with van der Waals surface area (Å²) < 4.78 is 11.0. The minimum Gasteiger partial charge on any atom is -0.467 e. The molecule has 1 aliphatic rings. The summed E-state index contributed by atoms with van der Waals surface area (Å²) in [5.41, 5.74) is 4.92. The zero-order chi connectivity index (χ0) is 18.4. The first-order chi connectivity index (χ1) is 12.7. The fraction of sp³-hybridized carbons (Fsp3) is 0.391. The van der Waals surface area contributed by atoms with Gasteiger partial charge in [-0.15, -0.1) is 0 Å². The van der Waals surface area contributed by atoms with Crippen molar-refractivity contribution in [1.29, 1.82) is 0 Å². The van der Waals surface area contributed by atoms with Crippen molar-refractivity contribution in [2.45, 2.75) is 32.2 Å². The number of aryl methyl sites for hydroxylation is 1. The lowest BCUT2D eigenvalue weighted by molar-refractivity contribution is 0.0509. The maximum Gasteiger partial charge on any atom is 0.188 e. The lowest BCUT2D eigenvalue weighted by Gasteiger charge is -2.20. The van der Waals surface area contributed by atoms with Crippen LogP contribution < -0.4 is 4.74 Å². The Morgan fingerprint density at radius 2 is 2.00 bits per heavy atom. The molecule has 0 spiro atoms. The van der Waals surface area contributed by atoms with E-state index in [1.165, 1.54) is 29.5 Å². The Morgan fingerprint density at radius 1 is 1.19 bits per heavy atom. The number of benzene rings is 2. The molecule has 1 aliphatic heterocycles. The van der Waals surface area contributed by atoms with Crippen molar-refractivity contribution < 1.29 is 9.47 Å². The lowest BCUT2D eigenvalue weighted by Crippen LogP contribution is -2.23. The van der Waals surface area contributed by atoms with Gasteiger partial charge in [-0.1, -0.05) is 49.4 Å². The molecular weight excluding hydrogens is 322 g/mol. The van der Waals surface area contributed by atoms with Crippen molar-refractivity contribution in [3.8, 4) is 5.75 Å². The molecule has 2 aromatic rings. The van der Waals surface area contributed by atoms with E-state index in [1.807, 2.05) is 0 Å². The van der Waals surface area contributed by atoms with Crippen molar-refractivity contribution in [1.82, 2.24) is 4.90 Å². The number of rotatable bonds is 7. The van der Waals surface area contributed by atoms with Crippen LogP contribution in [0.1, 0.15) is 36.5 Å². The van der Waals surface area contributed by atoms with Gasteiger partial charge < -0.3 is 9.47 Å². The van der Waals surface area contributed by atoms with Crippen molar-refractivity contribution >= 4 is 5.57 Å². The first-order valence-corrected chi connectivity index (χ1v) is 9.45. The van der Waals surface area contributed by atoms with E-state index in [1.54, 1.807) is 7.11 Å². The van der Waals surface area contributed by atoms with Crippen LogP contribution >= 0.6 is 0 Å². The highest BCUT2D eigenvalue weighted by Gasteiger charge is 2.21. The van der Waals surface area contributed by atoms with Gasteiger partial charge in [-0.25, -0.2) is 0 Å². The van der Waals surface area contributed by atoms with Crippen molar-refractivity contribution in [2.24, 2.45) is 0 Å². The van der Waals surface area contributed by atoms with Crippen LogP contribution in [0.25, 0.3) is 5.57 Å². The summed E-state index contributed by atoms with van der Waals surface area (Å²) in [6.07, 6.45) is 5.87. The molecular formula is C23H29NO2. The summed E-state index contributed by atoms with van der Waals surface area (Å²) in [6.45, 7) is 3.60. The molecule has 3 heteroatoms. The highest BCUT2D eigenvalue weighted by molar-refractivity contribution is 5.83. The molecule has 1 atom stereocenters. The Labute approximate surface area is 157 Å². The van der Waals surface area contributed by atoms with Crippen LogP contribution in [0.5, 0.6) is 5.75 Å². The first-order valence-electron chi connectivity index (χ1n) is 9.45. The molecule has 0 bridgehead atoms. The molecule has 2 aromatic carbocycles. The number of ether oxygens (including phenoxy) is 2. The Morgan fingerprint density at radius 3 is 2.65 bits per heavy atom. The van der Waals surface area contributed by atoms with Gasteiger partial charge in [0.05, 0.1) is 0 Å². The van der Waals surface area contributed by atoms with Crippen LogP contribution in [0.2, 0.25) is 0 Å². The molecule has 0 amide bonds. The van der Waals surface area contributed by atoms with Gasteiger partial charge in [0.2, 0.25) is 0 Å². The van der Waals surface area contributed by atoms with Crippen LogP contribution in [0, 0.1) is 0 Å². The SMILES string of the molecule is CCc1ccc(OCOC)c(/C(=C/C2CCCN2C)c2ccccc2)c1. The molecule has 1 heterocycles. The molecule has 0 aromatic heterocycles. The third-order valence-electron chi connectivity index (χ3n) is 5.10. The fourth-order valence-corrected chi connectivity index (χ4v) is 3.55. The Kier molecular flexibility index (Phi) is 6.48. The second-order valence-corrected chi connectivity index (χ2v) is 6.87. The van der Waals surface area contributed by atoms with E-state index < -0.39 is 0 Å². The smallest absolute Gasteiger partial charge is 0.188 e. The van der Waals surface area contributed by atoms with Gasteiger partial charge in [0.1, 0.15) is 5.75 Å². The van der Waals surface area contributed by atoms with E-state index in [4.69, 9.17) is 9.47 Å². The first kappa shape index (κ1) is 18.7. The van der Waals surface area contributed by atoms with E-state index >= 15 is 0 Å². The molecule has 3 rings (SSSR count). The number of hydrogen-bond donors (Lipinski definition) is 0. The molecule has 3 nitrogen and oxygen atoms in total. The van der Waals surface area contributed by atoms with E-state index in [0.717, 1.165) is 24.3 Å². The lowest BCUT2D eigenvalue weighted by atomic mass is 9.93. The molecule has 0 saturated carbocycles. The molecule has 1 unspecified atom stereocenters. The summed E-state index contributed by atoms with van der Waals surface area (Å²) in [5.74, 6) is 0.875. The number of methoxy groups -OCH3 is 1. The van der Waals surface area contributed by atoms with Crippen molar-refractivity contribution in [3.05, 3.63) is 71.3 Å². The third-order valence-corrected chi connectivity index (χ3v) is 5.10. The number of nitrogens with zero attached hydrogens (tertiary/aromatic N) is 1. The Hall–Kier alpha value is -2.10. The minimum absolute atomic E-state index is 0.254. The van der Waals surface area contributed by atoms with Crippen LogP contribution in [0.4, 0.5) is 0 Å². The normalized spacial score (nSPS) is 18.3. The maximum atomic E-state index is 5.90. The van der Waals surface area contributed by atoms with Gasteiger partial charge in [0.25, 0.3) is 0 Å². The Balaban J connectivity index is 2.10. The van der Waals surface area contributed by atoms with E-state index in [0.29, 0.717) is 6.04 Å². The highest BCUT2D eigenvalue weighted by atomic mass is 16.7. The minimum atomic E-state index is 0.254. The molecule has 1 saturated heterocycles. The average molecular weight is 351 g/mol. The second-order valence-electron chi connectivity index (χ2n) is 6.87. The summed E-state index contributed by atoms with van der Waals surface area (Å²) in [4.78, 5) is 2.43. The monoisotopic (exact) mass is 351 g/mol. The number of hydrogen-bond acceptors (Lipinski definition) is 3. The van der Waals surface area contributed by atoms with Gasteiger partial charge in [-0.3, -0.25) is 4.90 Å². The van der Waals surface area contributed by atoms with Gasteiger partial charge in [0.15, 0.2) is 6.79 Å². The molecule has 0 radical (unpaired) electrons.